The van der Waals surface area contributed by atoms with Crippen molar-refractivity contribution in [1.29, 1.82) is 0 Å². The lowest BCUT2D eigenvalue weighted by molar-refractivity contribution is -0.147. The van der Waals surface area contributed by atoms with E-state index in [4.69, 9.17) is 9.81 Å². The molecule has 0 fully saturated rings. The van der Waals surface area contributed by atoms with Crippen molar-refractivity contribution in [2.75, 3.05) is 0 Å². The van der Waals surface area contributed by atoms with Gasteiger partial charge in [0.15, 0.2) is 0 Å². The van der Waals surface area contributed by atoms with E-state index in [1.54, 1.807) is 0 Å². The first kappa shape index (κ1) is 6.16. The second-order valence-electron chi connectivity index (χ2n) is 0.433. The van der Waals surface area contributed by atoms with Gasteiger partial charge in [-0.15, -0.1) is 0 Å². The molecular formula is CH2O3S2. The van der Waals surface area contributed by atoms with E-state index < -0.39 is 0 Å². The van der Waals surface area contributed by atoms with E-state index in [0.29, 0.717) is 0 Å². The summed E-state index contributed by atoms with van der Waals surface area (Å²) in [5.74, 6) is 0. The molecular weight excluding hydrogens is 124 g/mol. The SMILES string of the molecule is OOC(=S)SO. The molecule has 0 bridgehead atoms. The summed E-state index contributed by atoms with van der Waals surface area (Å²) in [6.07, 6.45) is 0. The molecule has 0 spiro atoms. The summed E-state index contributed by atoms with van der Waals surface area (Å²) in [6, 6.07) is 0. The van der Waals surface area contributed by atoms with Crippen molar-refractivity contribution in [1.82, 2.24) is 0 Å². The number of hydrogen-bond donors (Lipinski definition) is 2. The molecule has 0 aromatic carbocycles. The third kappa shape index (κ3) is 2.40. The van der Waals surface area contributed by atoms with Crippen molar-refractivity contribution in [2.24, 2.45) is 0 Å². The van der Waals surface area contributed by atoms with Crippen molar-refractivity contribution in [3.05, 3.63) is 0 Å². The van der Waals surface area contributed by atoms with Gasteiger partial charge in [0.2, 0.25) is 0 Å². The fraction of sp³-hybridized carbons (Fsp3) is 0. The second-order valence-corrected chi connectivity index (χ2v) is 1.62. The standard InChI is InChI=1S/CH2O3S2/c2-4-1(5)6-3/h2-3H. The summed E-state index contributed by atoms with van der Waals surface area (Å²) in [6.45, 7) is 0. The molecule has 3 nitrogen and oxygen atoms in total. The molecule has 2 N–H and O–H groups in total. The molecule has 36 valence electrons. The van der Waals surface area contributed by atoms with Crippen LogP contribution in [0, 0.1) is 0 Å². The Morgan fingerprint density at radius 1 is 1.83 bits per heavy atom. The van der Waals surface area contributed by atoms with Gasteiger partial charge in [0.1, 0.15) is 0 Å². The molecule has 0 aliphatic heterocycles. The Balaban J connectivity index is 2.99. The Morgan fingerprint density at radius 3 is 2.33 bits per heavy atom. The first-order valence-electron chi connectivity index (χ1n) is 0.978. The first-order chi connectivity index (χ1) is 2.81. The van der Waals surface area contributed by atoms with Crippen molar-refractivity contribution >= 4 is 28.6 Å². The molecule has 0 rings (SSSR count). The maximum atomic E-state index is 7.83. The molecule has 0 aromatic rings. The van der Waals surface area contributed by atoms with E-state index in [2.05, 4.69) is 17.1 Å². The Bertz CT molecular complexity index is 46.8. The molecule has 0 amide bonds. The van der Waals surface area contributed by atoms with E-state index in [-0.39, 0.29) is 16.4 Å². The van der Waals surface area contributed by atoms with Crippen LogP contribution in [0.5, 0.6) is 0 Å². The Morgan fingerprint density at radius 2 is 2.33 bits per heavy atom. The van der Waals surface area contributed by atoms with Crippen LogP contribution in [0.25, 0.3) is 0 Å². The second kappa shape index (κ2) is 3.35. The topological polar surface area (TPSA) is 49.7 Å². The highest BCUT2D eigenvalue weighted by Crippen LogP contribution is 1.94. The van der Waals surface area contributed by atoms with Crippen LogP contribution in [0.15, 0.2) is 0 Å². The van der Waals surface area contributed by atoms with Crippen LogP contribution in [0.2, 0.25) is 0 Å². The summed E-state index contributed by atoms with van der Waals surface area (Å²) in [5, 5.41) is 7.51. The molecule has 0 saturated heterocycles. The van der Waals surface area contributed by atoms with Crippen molar-refractivity contribution in [3.8, 4) is 0 Å². The Hall–Kier alpha value is 0.160. The van der Waals surface area contributed by atoms with Gasteiger partial charge in [0.05, 0.1) is 12.0 Å². The lowest BCUT2D eigenvalue weighted by atomic mass is 11.7. The van der Waals surface area contributed by atoms with Gasteiger partial charge >= 0.3 is 0 Å². The zero-order valence-electron chi connectivity index (χ0n) is 2.62. The van der Waals surface area contributed by atoms with Gasteiger partial charge in [-0.05, 0) is 12.2 Å². The lowest BCUT2D eigenvalue weighted by Crippen LogP contribution is -1.87. The van der Waals surface area contributed by atoms with E-state index >= 15 is 0 Å². The minimum absolute atomic E-state index is 0.184. The zero-order valence-corrected chi connectivity index (χ0v) is 4.25. The van der Waals surface area contributed by atoms with Crippen LogP contribution in [0.3, 0.4) is 0 Å². The molecule has 0 radical (unpaired) electrons. The van der Waals surface area contributed by atoms with E-state index in [9.17, 15) is 0 Å². The Kier molecular flexibility index (Phi) is 3.44. The van der Waals surface area contributed by atoms with Crippen molar-refractivity contribution < 1.29 is 14.7 Å². The summed E-state index contributed by atoms with van der Waals surface area (Å²) in [4.78, 5) is 3.34. The first-order valence-corrected chi connectivity index (χ1v) is 2.16. The third-order valence-electron chi connectivity index (χ3n) is 0.149. The highest BCUT2D eigenvalue weighted by Gasteiger charge is 1.88. The fourth-order valence-corrected chi connectivity index (χ4v) is 0.0500. The van der Waals surface area contributed by atoms with Crippen LogP contribution in [-0.2, 0) is 4.89 Å². The van der Waals surface area contributed by atoms with Gasteiger partial charge in [-0.2, -0.15) is 0 Å². The van der Waals surface area contributed by atoms with Crippen LogP contribution in [0.4, 0.5) is 0 Å². The largest absolute Gasteiger partial charge is 0.322 e. The molecule has 0 aromatic heterocycles. The highest BCUT2D eigenvalue weighted by atomic mass is 32.2. The minimum atomic E-state index is -0.296. The van der Waals surface area contributed by atoms with Gasteiger partial charge in [-0.1, -0.05) is 0 Å². The highest BCUT2D eigenvalue weighted by molar-refractivity contribution is 8.18. The van der Waals surface area contributed by atoms with Crippen LogP contribution in [-0.4, -0.2) is 14.2 Å². The molecule has 5 heteroatoms. The van der Waals surface area contributed by atoms with Crippen molar-refractivity contribution in [2.45, 2.75) is 0 Å². The molecule has 0 unspecified atom stereocenters. The normalized spacial score (nSPS) is 7.67. The van der Waals surface area contributed by atoms with E-state index in [0.717, 1.165) is 0 Å². The van der Waals surface area contributed by atoms with Crippen LogP contribution >= 0.6 is 24.3 Å². The van der Waals surface area contributed by atoms with E-state index in [1.807, 2.05) is 0 Å². The number of rotatable bonds is 0. The number of thiocarbonyl (C=S) groups is 1. The predicted molar refractivity (Wildman–Crippen MR) is 26.5 cm³/mol. The average Bonchev–Trinajstić information content (AvgIpc) is 1.65. The lowest BCUT2D eigenvalue weighted by Gasteiger charge is -1.85. The fourth-order valence-electron chi connectivity index (χ4n) is 0.0167. The molecule has 0 aliphatic rings. The predicted octanol–water partition coefficient (Wildman–Crippen LogP) is 0.967. The van der Waals surface area contributed by atoms with Gasteiger partial charge in [-0.3, -0.25) is 0 Å². The Labute approximate surface area is 44.1 Å². The minimum Gasteiger partial charge on any atom is -0.322 e. The van der Waals surface area contributed by atoms with E-state index in [1.165, 1.54) is 0 Å². The monoisotopic (exact) mass is 126 g/mol. The van der Waals surface area contributed by atoms with Gasteiger partial charge < -0.3 is 9.44 Å². The maximum Gasteiger partial charge on any atom is 0.289 e. The molecule has 0 saturated carbocycles. The summed E-state index contributed by atoms with van der Waals surface area (Å²) >= 11 is 4.28. The smallest absolute Gasteiger partial charge is 0.289 e. The number of hydrogen-bond acceptors (Lipinski definition) is 5. The molecule has 0 heterocycles. The van der Waals surface area contributed by atoms with Gasteiger partial charge in [0, 0.05) is 0 Å². The molecule has 6 heavy (non-hydrogen) atoms. The summed E-state index contributed by atoms with van der Waals surface area (Å²) in [7, 11) is 0. The summed E-state index contributed by atoms with van der Waals surface area (Å²) in [5.41, 5.74) is 0. The van der Waals surface area contributed by atoms with Crippen LogP contribution < -0.4 is 0 Å². The van der Waals surface area contributed by atoms with Crippen molar-refractivity contribution in [3.63, 3.8) is 0 Å². The summed E-state index contributed by atoms with van der Waals surface area (Å²) < 4.78 is 7.53. The van der Waals surface area contributed by atoms with Gasteiger partial charge in [0.25, 0.3) is 4.38 Å². The van der Waals surface area contributed by atoms with Crippen LogP contribution in [0.1, 0.15) is 0 Å². The average molecular weight is 126 g/mol. The maximum absolute atomic E-state index is 7.83. The molecule has 0 atom stereocenters. The zero-order chi connectivity index (χ0) is 4.99. The third-order valence-corrected chi connectivity index (χ3v) is 0.671. The quantitative estimate of drug-likeness (QED) is 0.219. The van der Waals surface area contributed by atoms with Gasteiger partial charge in [-0.25, -0.2) is 5.26 Å². The molecule has 0 aliphatic carbocycles.